The highest BCUT2D eigenvalue weighted by Gasteiger charge is 2.15. The quantitative estimate of drug-likeness (QED) is 0.416. The van der Waals surface area contributed by atoms with Crippen LogP contribution in [0.5, 0.6) is 0 Å². The second-order valence-electron chi connectivity index (χ2n) is 5.43. The molecule has 0 atom stereocenters. The average Bonchev–Trinajstić information content (AvgIpc) is 3.03. The van der Waals surface area contributed by atoms with Crippen molar-refractivity contribution in [3.8, 4) is 11.1 Å². The molecular formula is C18H17N3O2S2. The van der Waals surface area contributed by atoms with Gasteiger partial charge in [-0.15, -0.1) is 11.8 Å². The number of hydrazine groups is 1. The molecule has 0 saturated heterocycles. The summed E-state index contributed by atoms with van der Waals surface area (Å²) in [6.07, 6.45) is 3.75. The molecule has 1 heterocycles. The van der Waals surface area contributed by atoms with Gasteiger partial charge in [0.25, 0.3) is 5.91 Å². The molecule has 0 radical (unpaired) electrons. The molecule has 2 aromatic carbocycles. The van der Waals surface area contributed by atoms with Crippen LogP contribution >= 0.6 is 24.0 Å². The fourth-order valence-corrected chi connectivity index (χ4v) is 3.11. The van der Waals surface area contributed by atoms with E-state index >= 15 is 0 Å². The second-order valence-corrected chi connectivity index (χ2v) is 6.75. The molecule has 0 aliphatic heterocycles. The topological polar surface area (TPSA) is 71.5 Å². The Morgan fingerprint density at radius 2 is 1.96 bits per heavy atom. The van der Waals surface area contributed by atoms with Crippen LogP contribution in [0.2, 0.25) is 0 Å². The maximum absolute atomic E-state index is 12.5. The number of thioether (sulfide) groups is 1. The third-order valence-corrected chi connectivity index (χ3v) is 4.64. The van der Waals surface area contributed by atoms with Crippen LogP contribution in [0.4, 0.5) is 0 Å². The summed E-state index contributed by atoms with van der Waals surface area (Å²) in [5, 5.41) is 2.18. The van der Waals surface area contributed by atoms with Crippen molar-refractivity contribution in [2.45, 2.75) is 4.90 Å². The van der Waals surface area contributed by atoms with Crippen LogP contribution < -0.4 is 11.2 Å². The van der Waals surface area contributed by atoms with E-state index in [9.17, 15) is 4.79 Å². The van der Waals surface area contributed by atoms with Crippen molar-refractivity contribution in [2.75, 3.05) is 13.3 Å². The molecule has 3 rings (SSSR count). The summed E-state index contributed by atoms with van der Waals surface area (Å²) in [6.45, 7) is 0. The highest BCUT2D eigenvalue weighted by Crippen LogP contribution is 2.32. The van der Waals surface area contributed by atoms with Crippen LogP contribution in [0.1, 0.15) is 10.4 Å². The second kappa shape index (κ2) is 7.16. The molecule has 0 saturated carbocycles. The summed E-state index contributed by atoms with van der Waals surface area (Å²) in [5.74, 6) is -0.236. The first kappa shape index (κ1) is 17.3. The fourth-order valence-electron chi connectivity index (χ4n) is 2.57. The number of carbonyl (C=O) groups is 1. The van der Waals surface area contributed by atoms with Crippen LogP contribution in [0.25, 0.3) is 22.1 Å². The molecule has 0 aliphatic carbocycles. The molecule has 25 heavy (non-hydrogen) atoms. The maximum Gasteiger partial charge on any atom is 0.272 e. The minimum Gasteiger partial charge on any atom is -0.464 e. The van der Waals surface area contributed by atoms with Crippen LogP contribution in [0.3, 0.4) is 0 Å². The Bertz CT molecular complexity index is 935. The summed E-state index contributed by atoms with van der Waals surface area (Å²) < 4.78 is 5.63. The number of carbonyl (C=O) groups excluding carboxylic acids is 1. The average molecular weight is 371 g/mol. The van der Waals surface area contributed by atoms with Gasteiger partial charge in [-0.25, -0.2) is 0 Å². The van der Waals surface area contributed by atoms with Gasteiger partial charge in [0.05, 0.1) is 6.26 Å². The van der Waals surface area contributed by atoms with Crippen LogP contribution in [-0.4, -0.2) is 29.3 Å². The van der Waals surface area contributed by atoms with Crippen LogP contribution in [0.15, 0.2) is 58.0 Å². The number of amides is 1. The molecule has 1 aromatic heterocycles. The van der Waals surface area contributed by atoms with Gasteiger partial charge in [0.15, 0.2) is 5.11 Å². The van der Waals surface area contributed by atoms with E-state index in [0.29, 0.717) is 5.56 Å². The molecule has 0 unspecified atom stereocenters. The normalized spacial score (nSPS) is 10.6. The summed E-state index contributed by atoms with van der Waals surface area (Å²) in [6, 6.07) is 13.5. The first-order valence-corrected chi connectivity index (χ1v) is 9.12. The minimum absolute atomic E-state index is 0.0369. The zero-order valence-corrected chi connectivity index (χ0v) is 15.4. The molecule has 7 heteroatoms. The molecule has 5 nitrogen and oxygen atoms in total. The highest BCUT2D eigenvalue weighted by atomic mass is 32.2. The predicted molar refractivity (Wildman–Crippen MR) is 105 cm³/mol. The standard InChI is InChI=1S/C18H17N3O2S2/c1-21(20-18(19)24)17(22)12-5-8-16-14(9-12)15(10-23-16)11-3-6-13(25-2)7-4-11/h3-10H,1-2H3,(H3,19,20,24). The third kappa shape index (κ3) is 3.62. The molecule has 3 N–H and O–H groups in total. The van der Waals surface area contributed by atoms with E-state index in [0.717, 1.165) is 22.1 Å². The van der Waals surface area contributed by atoms with Crippen molar-refractivity contribution in [3.05, 3.63) is 54.3 Å². The van der Waals surface area contributed by atoms with Crippen LogP contribution in [-0.2, 0) is 0 Å². The zero-order valence-electron chi connectivity index (χ0n) is 13.8. The number of nitrogens with one attached hydrogen (secondary N) is 1. The molecule has 0 fully saturated rings. The lowest BCUT2D eigenvalue weighted by atomic mass is 10.0. The van der Waals surface area contributed by atoms with E-state index in [1.165, 1.54) is 9.90 Å². The fraction of sp³-hybridized carbons (Fsp3) is 0.111. The molecule has 0 spiro atoms. The number of fused-ring (bicyclic) bond motifs is 1. The summed E-state index contributed by atoms with van der Waals surface area (Å²) in [4.78, 5) is 13.7. The van der Waals surface area contributed by atoms with Crippen molar-refractivity contribution in [3.63, 3.8) is 0 Å². The Balaban J connectivity index is 1.99. The van der Waals surface area contributed by atoms with Gasteiger partial charge >= 0.3 is 0 Å². The Labute approximate surface area is 155 Å². The molecule has 3 aromatic rings. The largest absolute Gasteiger partial charge is 0.464 e. The van der Waals surface area contributed by atoms with E-state index in [1.807, 2.05) is 24.5 Å². The summed E-state index contributed by atoms with van der Waals surface area (Å²) in [5.41, 5.74) is 11.3. The maximum atomic E-state index is 12.5. The van der Waals surface area contributed by atoms with Gasteiger partial charge in [-0.05, 0) is 54.4 Å². The molecule has 128 valence electrons. The lowest BCUT2D eigenvalue weighted by molar-refractivity contribution is 0.0759. The zero-order chi connectivity index (χ0) is 18.0. The molecular weight excluding hydrogens is 354 g/mol. The van der Waals surface area contributed by atoms with Crippen molar-refractivity contribution in [1.29, 1.82) is 0 Å². The van der Waals surface area contributed by atoms with Crippen molar-refractivity contribution in [2.24, 2.45) is 5.73 Å². The van der Waals surface area contributed by atoms with Crippen molar-refractivity contribution >= 4 is 46.0 Å². The van der Waals surface area contributed by atoms with Gasteiger partial charge in [0.2, 0.25) is 0 Å². The Morgan fingerprint density at radius 3 is 2.60 bits per heavy atom. The number of nitrogens with zero attached hydrogens (tertiary/aromatic N) is 1. The summed E-state index contributed by atoms with van der Waals surface area (Å²) >= 11 is 6.46. The van der Waals surface area contributed by atoms with Crippen LogP contribution in [0, 0.1) is 0 Å². The SMILES string of the molecule is CSc1ccc(-c2coc3ccc(C(=O)N(C)NC(N)=S)cc23)cc1. The van der Waals surface area contributed by atoms with E-state index in [1.54, 1.807) is 37.2 Å². The lowest BCUT2D eigenvalue weighted by Gasteiger charge is -2.18. The van der Waals surface area contributed by atoms with Gasteiger partial charge in [-0.2, -0.15) is 0 Å². The van der Waals surface area contributed by atoms with Gasteiger partial charge < -0.3 is 10.2 Å². The number of thiocarbonyl (C=S) groups is 1. The van der Waals surface area contributed by atoms with Gasteiger partial charge in [-0.1, -0.05) is 12.1 Å². The number of nitrogens with two attached hydrogens (primary N) is 1. The number of hydrogen-bond donors (Lipinski definition) is 2. The van der Waals surface area contributed by atoms with E-state index in [2.05, 4.69) is 17.6 Å². The molecule has 1 amide bonds. The van der Waals surface area contributed by atoms with E-state index < -0.39 is 0 Å². The lowest BCUT2D eigenvalue weighted by Crippen LogP contribution is -2.45. The van der Waals surface area contributed by atoms with Crippen molar-refractivity contribution < 1.29 is 9.21 Å². The molecule has 0 aliphatic rings. The number of furan rings is 1. The van der Waals surface area contributed by atoms with Gasteiger partial charge in [0.1, 0.15) is 5.58 Å². The third-order valence-electron chi connectivity index (χ3n) is 3.80. The number of hydrogen-bond acceptors (Lipinski definition) is 4. The molecule has 0 bridgehead atoms. The first-order chi connectivity index (χ1) is 12.0. The predicted octanol–water partition coefficient (Wildman–Crippen LogP) is 3.64. The number of rotatable bonds is 3. The number of benzene rings is 2. The first-order valence-electron chi connectivity index (χ1n) is 7.49. The monoisotopic (exact) mass is 371 g/mol. The van der Waals surface area contributed by atoms with Gasteiger partial charge in [-0.3, -0.25) is 15.2 Å². The Kier molecular flexibility index (Phi) is 4.96. The van der Waals surface area contributed by atoms with Gasteiger partial charge in [0, 0.05) is 28.5 Å². The van der Waals surface area contributed by atoms with E-state index in [-0.39, 0.29) is 11.0 Å². The highest BCUT2D eigenvalue weighted by molar-refractivity contribution is 7.98. The Hall–Kier alpha value is -2.51. The Morgan fingerprint density at radius 1 is 1.24 bits per heavy atom. The minimum atomic E-state index is -0.236. The van der Waals surface area contributed by atoms with Crippen molar-refractivity contribution in [1.82, 2.24) is 10.4 Å². The van der Waals surface area contributed by atoms with E-state index in [4.69, 9.17) is 22.4 Å². The smallest absolute Gasteiger partial charge is 0.272 e. The summed E-state index contributed by atoms with van der Waals surface area (Å²) in [7, 11) is 1.57.